The number of carbonyl (C=O) groups is 3. The number of amides is 1. The van der Waals surface area contributed by atoms with Crippen molar-refractivity contribution in [2.75, 3.05) is 0 Å². The van der Waals surface area contributed by atoms with Gasteiger partial charge in [0.15, 0.2) is 5.78 Å². The van der Waals surface area contributed by atoms with Crippen molar-refractivity contribution >= 4 is 17.8 Å². The Kier molecular flexibility index (Phi) is 5.62. The second-order valence-electron chi connectivity index (χ2n) is 5.67. The highest BCUT2D eigenvalue weighted by molar-refractivity contribution is 6.03. The highest BCUT2D eigenvalue weighted by Gasteiger charge is 2.27. The van der Waals surface area contributed by atoms with Gasteiger partial charge in [-0.1, -0.05) is 0 Å². The number of Topliss-reactive ketones (excluding diaryl/α,β-unsaturated/α-hetero) is 1. The van der Waals surface area contributed by atoms with Crippen molar-refractivity contribution in [2.45, 2.75) is 38.8 Å². The molecule has 0 fully saturated rings. The Morgan fingerprint density at radius 1 is 1.23 bits per heavy atom. The highest BCUT2D eigenvalue weighted by Crippen LogP contribution is 2.11. The number of carboxylic acids is 1. The standard InChI is InChI=1S/C15H18FNO5/c1-15(2,3)22-14(21)17-11(8-12(18)19)13(20)9-4-6-10(16)7-5-9/h4-7,11H,8H2,1-3H3,(H,17,21)(H,18,19)/t11-/m0/s1. The first-order chi connectivity index (χ1) is 10.1. The molecule has 0 saturated heterocycles. The lowest BCUT2D eigenvalue weighted by Crippen LogP contribution is -2.44. The van der Waals surface area contributed by atoms with E-state index < -0.39 is 41.7 Å². The largest absolute Gasteiger partial charge is 0.481 e. The fraction of sp³-hybridized carbons (Fsp3) is 0.400. The third-order valence-electron chi connectivity index (χ3n) is 2.51. The number of hydrogen-bond acceptors (Lipinski definition) is 4. The maximum atomic E-state index is 12.9. The molecule has 0 aliphatic heterocycles. The van der Waals surface area contributed by atoms with Crippen LogP contribution >= 0.6 is 0 Å². The molecule has 1 atom stereocenters. The molecule has 0 spiro atoms. The fourth-order valence-corrected chi connectivity index (χ4v) is 1.65. The Morgan fingerprint density at radius 2 is 1.77 bits per heavy atom. The van der Waals surface area contributed by atoms with E-state index in [1.807, 2.05) is 0 Å². The number of rotatable bonds is 5. The fourth-order valence-electron chi connectivity index (χ4n) is 1.65. The van der Waals surface area contributed by atoms with Gasteiger partial charge in [-0.05, 0) is 45.0 Å². The minimum absolute atomic E-state index is 0.101. The van der Waals surface area contributed by atoms with Gasteiger partial charge in [0.25, 0.3) is 0 Å². The molecule has 0 saturated carbocycles. The van der Waals surface area contributed by atoms with Crippen LogP contribution in [-0.4, -0.2) is 34.6 Å². The van der Waals surface area contributed by atoms with Crippen LogP contribution in [0.15, 0.2) is 24.3 Å². The smallest absolute Gasteiger partial charge is 0.408 e. The molecule has 1 aromatic rings. The van der Waals surface area contributed by atoms with Gasteiger partial charge in [0.2, 0.25) is 0 Å². The van der Waals surface area contributed by atoms with E-state index in [9.17, 15) is 18.8 Å². The molecule has 120 valence electrons. The lowest BCUT2D eigenvalue weighted by atomic mass is 10.0. The van der Waals surface area contributed by atoms with E-state index >= 15 is 0 Å². The molecule has 7 heteroatoms. The molecule has 2 N–H and O–H groups in total. The van der Waals surface area contributed by atoms with Gasteiger partial charge in [-0.3, -0.25) is 9.59 Å². The zero-order chi connectivity index (χ0) is 16.9. The molecule has 0 unspecified atom stereocenters. The van der Waals surface area contributed by atoms with E-state index in [0.29, 0.717) is 0 Å². The average molecular weight is 311 g/mol. The van der Waals surface area contributed by atoms with Crippen molar-refractivity contribution in [3.05, 3.63) is 35.6 Å². The van der Waals surface area contributed by atoms with Crippen molar-refractivity contribution in [3.63, 3.8) is 0 Å². The summed E-state index contributed by atoms with van der Waals surface area (Å²) in [5.41, 5.74) is -0.680. The van der Waals surface area contributed by atoms with E-state index in [4.69, 9.17) is 9.84 Å². The van der Waals surface area contributed by atoms with Crippen LogP contribution in [-0.2, 0) is 9.53 Å². The van der Waals surface area contributed by atoms with Gasteiger partial charge >= 0.3 is 12.1 Å². The summed E-state index contributed by atoms with van der Waals surface area (Å²) < 4.78 is 17.9. The Balaban J connectivity index is 2.88. The lowest BCUT2D eigenvalue weighted by Gasteiger charge is -2.22. The SMILES string of the molecule is CC(C)(C)OC(=O)N[C@@H](CC(=O)O)C(=O)c1ccc(F)cc1. The summed E-state index contributed by atoms with van der Waals surface area (Å²) in [6.45, 7) is 4.92. The van der Waals surface area contributed by atoms with E-state index in [0.717, 1.165) is 12.1 Å². The van der Waals surface area contributed by atoms with E-state index in [1.165, 1.54) is 12.1 Å². The molecular formula is C15H18FNO5. The average Bonchev–Trinajstić information content (AvgIpc) is 2.35. The maximum Gasteiger partial charge on any atom is 0.408 e. The van der Waals surface area contributed by atoms with Crippen LogP contribution in [0.25, 0.3) is 0 Å². The Labute approximate surface area is 127 Å². The molecule has 0 aliphatic carbocycles. The Morgan fingerprint density at radius 3 is 2.23 bits per heavy atom. The molecular weight excluding hydrogens is 293 g/mol. The summed E-state index contributed by atoms with van der Waals surface area (Å²) in [5.74, 6) is -2.41. The minimum Gasteiger partial charge on any atom is -0.481 e. The summed E-state index contributed by atoms with van der Waals surface area (Å²) in [4.78, 5) is 34.8. The van der Waals surface area contributed by atoms with Crippen molar-refractivity contribution in [3.8, 4) is 0 Å². The number of nitrogens with one attached hydrogen (secondary N) is 1. The molecule has 0 heterocycles. The van der Waals surface area contributed by atoms with Gasteiger partial charge in [-0.25, -0.2) is 9.18 Å². The van der Waals surface area contributed by atoms with E-state index in [-0.39, 0.29) is 5.56 Å². The van der Waals surface area contributed by atoms with Crippen molar-refractivity contribution < 1.29 is 28.6 Å². The number of alkyl carbamates (subject to hydrolysis) is 1. The molecule has 6 nitrogen and oxygen atoms in total. The van der Waals surface area contributed by atoms with E-state index in [2.05, 4.69) is 5.32 Å². The molecule has 0 bridgehead atoms. The van der Waals surface area contributed by atoms with Crippen LogP contribution in [0.1, 0.15) is 37.6 Å². The van der Waals surface area contributed by atoms with E-state index in [1.54, 1.807) is 20.8 Å². The topological polar surface area (TPSA) is 92.7 Å². The monoisotopic (exact) mass is 311 g/mol. The second-order valence-corrected chi connectivity index (χ2v) is 5.67. The molecule has 0 aliphatic rings. The lowest BCUT2D eigenvalue weighted by molar-refractivity contribution is -0.137. The highest BCUT2D eigenvalue weighted by atomic mass is 19.1. The predicted molar refractivity (Wildman–Crippen MR) is 76.1 cm³/mol. The number of carboxylic acid groups (broad SMARTS) is 1. The van der Waals surface area contributed by atoms with Gasteiger partial charge in [0, 0.05) is 5.56 Å². The van der Waals surface area contributed by atoms with Crippen LogP contribution in [0.5, 0.6) is 0 Å². The number of halogens is 1. The summed E-state index contributed by atoms with van der Waals surface area (Å²) in [6, 6.07) is 3.32. The molecule has 1 amide bonds. The predicted octanol–water partition coefficient (Wildman–Crippen LogP) is 2.38. The number of hydrogen-bond donors (Lipinski definition) is 2. The van der Waals surface area contributed by atoms with Crippen LogP contribution < -0.4 is 5.32 Å². The number of aliphatic carboxylic acids is 1. The number of ketones is 1. The molecule has 0 radical (unpaired) electrons. The molecule has 0 aromatic heterocycles. The zero-order valence-electron chi connectivity index (χ0n) is 12.6. The zero-order valence-corrected chi connectivity index (χ0v) is 12.6. The summed E-state index contributed by atoms with van der Waals surface area (Å²) >= 11 is 0. The molecule has 1 aromatic carbocycles. The third kappa shape index (κ3) is 5.90. The van der Waals surface area contributed by atoms with Gasteiger partial charge in [0.1, 0.15) is 17.5 Å². The van der Waals surface area contributed by atoms with Crippen LogP contribution in [0, 0.1) is 5.82 Å². The summed E-state index contributed by atoms with van der Waals surface area (Å²) in [5, 5.41) is 11.1. The van der Waals surface area contributed by atoms with Gasteiger partial charge in [-0.2, -0.15) is 0 Å². The number of ether oxygens (including phenoxy) is 1. The van der Waals surface area contributed by atoms with Crippen LogP contribution in [0.3, 0.4) is 0 Å². The normalized spacial score (nSPS) is 12.4. The van der Waals surface area contributed by atoms with Crippen molar-refractivity contribution in [1.82, 2.24) is 5.32 Å². The third-order valence-corrected chi connectivity index (χ3v) is 2.51. The minimum atomic E-state index is -1.29. The Hall–Kier alpha value is -2.44. The number of benzene rings is 1. The molecule has 22 heavy (non-hydrogen) atoms. The Bertz CT molecular complexity index is 562. The summed E-state index contributed by atoms with van der Waals surface area (Å²) in [6.07, 6.45) is -1.50. The number of carbonyl (C=O) groups excluding carboxylic acids is 2. The first kappa shape index (κ1) is 17.6. The second kappa shape index (κ2) is 7.02. The van der Waals surface area contributed by atoms with Gasteiger partial charge in [-0.15, -0.1) is 0 Å². The van der Waals surface area contributed by atoms with Gasteiger partial charge in [0.05, 0.1) is 6.42 Å². The van der Waals surface area contributed by atoms with Crippen molar-refractivity contribution in [1.29, 1.82) is 0 Å². The van der Waals surface area contributed by atoms with Crippen LogP contribution in [0.4, 0.5) is 9.18 Å². The first-order valence-corrected chi connectivity index (χ1v) is 6.59. The first-order valence-electron chi connectivity index (χ1n) is 6.59. The van der Waals surface area contributed by atoms with Crippen LogP contribution in [0.2, 0.25) is 0 Å². The van der Waals surface area contributed by atoms with Gasteiger partial charge < -0.3 is 15.2 Å². The maximum absolute atomic E-state index is 12.9. The van der Waals surface area contributed by atoms with Crippen molar-refractivity contribution in [2.24, 2.45) is 0 Å². The quantitative estimate of drug-likeness (QED) is 0.814. The summed E-state index contributed by atoms with van der Waals surface area (Å²) in [7, 11) is 0. The molecule has 1 rings (SSSR count).